The van der Waals surface area contributed by atoms with E-state index in [2.05, 4.69) is 65.1 Å². The normalized spacial score (nSPS) is 20.4. The van der Waals surface area contributed by atoms with Crippen LogP contribution < -0.4 is 10.6 Å². The van der Waals surface area contributed by atoms with Crippen molar-refractivity contribution in [1.82, 2.24) is 4.44 Å². The van der Waals surface area contributed by atoms with Gasteiger partial charge in [0.05, 0.1) is 0 Å². The Labute approximate surface area is 221 Å². The van der Waals surface area contributed by atoms with Crippen LogP contribution in [0.15, 0.2) is 109 Å². The van der Waals surface area contributed by atoms with E-state index in [9.17, 15) is 0 Å². The molecule has 5 heteroatoms. The highest BCUT2D eigenvalue weighted by Crippen LogP contribution is 2.77. The quantitative estimate of drug-likeness (QED) is 0.216. The van der Waals surface area contributed by atoms with Gasteiger partial charge in [0.15, 0.2) is 0 Å². The fraction of sp³-hybridized carbons (Fsp3) is 0.250. The Morgan fingerprint density at radius 1 is 0.568 bits per heavy atom. The van der Waals surface area contributed by atoms with E-state index in [1.165, 1.54) is 29.7 Å². The van der Waals surface area contributed by atoms with Gasteiger partial charge in [-0.3, -0.25) is 0 Å². The van der Waals surface area contributed by atoms with E-state index >= 15 is 8.78 Å². The summed E-state index contributed by atoms with van der Waals surface area (Å²) in [5.74, 6) is -0.467. The first-order valence-corrected chi connectivity index (χ1v) is 15.9. The number of hydrogen-bond donors (Lipinski definition) is 0. The molecule has 1 aliphatic carbocycles. The van der Waals surface area contributed by atoms with Gasteiger partial charge in [-0.15, -0.1) is 0 Å². The molecule has 0 N–H and O–H groups in total. The minimum absolute atomic E-state index is 0.233. The molecular formula is C32H31F2NP2. The van der Waals surface area contributed by atoms with Crippen molar-refractivity contribution < 1.29 is 8.78 Å². The van der Waals surface area contributed by atoms with Crippen LogP contribution in [0.4, 0.5) is 8.78 Å². The van der Waals surface area contributed by atoms with E-state index in [0.717, 1.165) is 25.7 Å². The molecule has 2 aliphatic rings. The van der Waals surface area contributed by atoms with E-state index in [0.29, 0.717) is 28.0 Å². The van der Waals surface area contributed by atoms with Crippen molar-refractivity contribution in [1.29, 1.82) is 0 Å². The molecule has 4 aromatic rings. The standard InChI is InChI=1S/C32H31F2NP2/c33-27-18-7-9-20-31(27)37(32-21-10-8-19-28(32)34)35(26-16-11-17-26)36-29(24-12-3-1-4-13-24)22-23-30(36)25-14-5-2-6-15-25/h1-10,12-15,18-21,26,29-30H,11,16-17,22-23H2/t29-,30-/m0/s1. The minimum Gasteiger partial charge on any atom is -0.248 e. The summed E-state index contributed by atoms with van der Waals surface area (Å²) in [6, 6.07) is 36.1. The molecule has 1 nitrogen and oxygen atoms in total. The van der Waals surface area contributed by atoms with E-state index in [1.54, 1.807) is 12.1 Å². The second-order valence-electron chi connectivity index (χ2n) is 9.93. The molecule has 1 saturated carbocycles. The molecule has 0 spiro atoms. The van der Waals surface area contributed by atoms with Gasteiger partial charge in [-0.25, -0.2) is 13.2 Å². The van der Waals surface area contributed by atoms with Gasteiger partial charge in [-0.05, 0) is 69.1 Å². The summed E-state index contributed by atoms with van der Waals surface area (Å²) in [6.07, 6.45) is 5.54. The zero-order chi connectivity index (χ0) is 25.2. The molecule has 0 amide bonds. The zero-order valence-electron chi connectivity index (χ0n) is 20.8. The average molecular weight is 530 g/mol. The largest absolute Gasteiger partial charge is 0.248 e. The van der Waals surface area contributed by atoms with Crippen molar-refractivity contribution in [3.05, 3.63) is 132 Å². The van der Waals surface area contributed by atoms with Gasteiger partial charge >= 0.3 is 0 Å². The maximum Gasteiger partial charge on any atom is 0.132 e. The van der Waals surface area contributed by atoms with E-state index in [-0.39, 0.29) is 11.6 Å². The molecule has 188 valence electrons. The summed E-state index contributed by atoms with van der Waals surface area (Å²) in [5, 5.41) is 1.28. The zero-order valence-corrected chi connectivity index (χ0v) is 22.5. The molecule has 6 rings (SSSR count). The minimum atomic E-state index is -1.38. The summed E-state index contributed by atoms with van der Waals surface area (Å²) in [4.78, 5) is 0. The van der Waals surface area contributed by atoms with Crippen LogP contribution in [0.25, 0.3) is 0 Å². The Morgan fingerprint density at radius 2 is 1.00 bits per heavy atom. The fourth-order valence-corrected chi connectivity index (χ4v) is 13.6. The predicted octanol–water partition coefficient (Wildman–Crippen LogP) is 8.84. The highest BCUT2D eigenvalue weighted by Gasteiger charge is 2.48. The molecule has 4 aromatic carbocycles. The lowest BCUT2D eigenvalue weighted by Gasteiger charge is -2.49. The molecule has 0 radical (unpaired) electrons. The van der Waals surface area contributed by atoms with Crippen LogP contribution in [0.2, 0.25) is 0 Å². The van der Waals surface area contributed by atoms with Crippen molar-refractivity contribution in [2.45, 2.75) is 49.5 Å². The first-order valence-electron chi connectivity index (χ1n) is 13.2. The molecular weight excluding hydrogens is 498 g/mol. The number of hydrogen-bond acceptors (Lipinski definition) is 1. The second kappa shape index (κ2) is 11.1. The first-order chi connectivity index (χ1) is 18.2. The molecule has 37 heavy (non-hydrogen) atoms. The monoisotopic (exact) mass is 529 g/mol. The molecule has 1 heterocycles. The summed E-state index contributed by atoms with van der Waals surface area (Å²) in [5.41, 5.74) is 3.44. The lowest BCUT2D eigenvalue weighted by Crippen LogP contribution is -2.40. The SMILES string of the molecule is Fc1ccccc1P(c1ccccc1F)N(C1CCC1)P1[C@H](c2ccccc2)CC[C@H]1c1ccccc1. The second-order valence-corrected chi connectivity index (χ2v) is 14.7. The highest BCUT2D eigenvalue weighted by molar-refractivity contribution is 7.79. The maximum atomic E-state index is 15.6. The average Bonchev–Trinajstić information content (AvgIpc) is 3.35. The molecule has 0 unspecified atom stereocenters. The van der Waals surface area contributed by atoms with Gasteiger partial charge < -0.3 is 0 Å². The van der Waals surface area contributed by atoms with Gasteiger partial charge in [0.1, 0.15) is 11.6 Å². The Balaban J connectivity index is 1.56. The lowest BCUT2D eigenvalue weighted by atomic mass is 9.94. The van der Waals surface area contributed by atoms with E-state index in [4.69, 9.17) is 0 Å². The van der Waals surface area contributed by atoms with Crippen LogP contribution in [0.5, 0.6) is 0 Å². The third kappa shape index (κ3) is 4.90. The maximum absolute atomic E-state index is 15.6. The third-order valence-corrected chi connectivity index (χ3v) is 14.4. The van der Waals surface area contributed by atoms with Gasteiger partial charge in [-0.1, -0.05) is 91.3 Å². The van der Waals surface area contributed by atoms with Gasteiger partial charge in [0.25, 0.3) is 0 Å². The molecule has 2 fully saturated rings. The van der Waals surface area contributed by atoms with Crippen LogP contribution >= 0.6 is 16.1 Å². The summed E-state index contributed by atoms with van der Waals surface area (Å²) >= 11 is 0. The van der Waals surface area contributed by atoms with Crippen molar-refractivity contribution >= 4 is 26.8 Å². The molecule has 1 aliphatic heterocycles. The predicted molar refractivity (Wildman–Crippen MR) is 153 cm³/mol. The Hall–Kier alpha value is -2.44. The Morgan fingerprint density at radius 3 is 1.41 bits per heavy atom. The molecule has 2 atom stereocenters. The summed E-state index contributed by atoms with van der Waals surface area (Å²) in [7, 11) is -2.15. The van der Waals surface area contributed by atoms with E-state index in [1.807, 2.05) is 24.3 Å². The topological polar surface area (TPSA) is 3.24 Å². The van der Waals surface area contributed by atoms with Crippen LogP contribution in [0.3, 0.4) is 0 Å². The first kappa shape index (κ1) is 24.9. The van der Waals surface area contributed by atoms with Crippen molar-refractivity contribution in [3.8, 4) is 0 Å². The Kier molecular flexibility index (Phi) is 7.48. The van der Waals surface area contributed by atoms with Crippen LogP contribution in [0, 0.1) is 11.6 Å². The van der Waals surface area contributed by atoms with Crippen LogP contribution in [-0.4, -0.2) is 10.5 Å². The number of benzene rings is 4. The number of rotatable bonds is 7. The van der Waals surface area contributed by atoms with Crippen molar-refractivity contribution in [3.63, 3.8) is 0 Å². The van der Waals surface area contributed by atoms with Gasteiger partial charge in [0, 0.05) is 36.0 Å². The molecule has 0 aromatic heterocycles. The lowest BCUT2D eigenvalue weighted by molar-refractivity contribution is 0.314. The third-order valence-electron chi connectivity index (χ3n) is 7.72. The van der Waals surface area contributed by atoms with E-state index < -0.39 is 16.1 Å². The van der Waals surface area contributed by atoms with Crippen molar-refractivity contribution in [2.24, 2.45) is 0 Å². The number of halogens is 2. The molecule has 0 bridgehead atoms. The number of nitrogens with zero attached hydrogens (tertiary/aromatic N) is 1. The van der Waals surface area contributed by atoms with Gasteiger partial charge in [0.2, 0.25) is 0 Å². The summed E-state index contributed by atoms with van der Waals surface area (Å²) in [6.45, 7) is 0. The van der Waals surface area contributed by atoms with Crippen LogP contribution in [0.1, 0.15) is 54.5 Å². The summed E-state index contributed by atoms with van der Waals surface area (Å²) < 4.78 is 33.9. The Bertz CT molecular complexity index is 1240. The van der Waals surface area contributed by atoms with Crippen LogP contribution in [-0.2, 0) is 0 Å². The smallest absolute Gasteiger partial charge is 0.132 e. The molecule has 1 saturated heterocycles. The van der Waals surface area contributed by atoms with Gasteiger partial charge in [-0.2, -0.15) is 0 Å². The highest BCUT2D eigenvalue weighted by atomic mass is 31.2. The van der Waals surface area contributed by atoms with Crippen molar-refractivity contribution in [2.75, 3.05) is 0 Å². The fourth-order valence-electron chi connectivity index (χ4n) is 5.74.